The highest BCUT2D eigenvalue weighted by atomic mass is 16.5. The maximum absolute atomic E-state index is 11.7. The van der Waals surface area contributed by atoms with E-state index in [2.05, 4.69) is 17.6 Å². The van der Waals surface area contributed by atoms with Gasteiger partial charge in [0, 0.05) is 0 Å². The first kappa shape index (κ1) is 14.5. The molecule has 0 saturated carbocycles. The van der Waals surface area contributed by atoms with Crippen LogP contribution in [0.1, 0.15) is 31.9 Å². The third-order valence-corrected chi connectivity index (χ3v) is 2.68. The fourth-order valence-electron chi connectivity index (χ4n) is 1.67. The van der Waals surface area contributed by atoms with E-state index in [0.717, 1.165) is 24.3 Å². The van der Waals surface area contributed by atoms with Gasteiger partial charge >= 0.3 is 0 Å². The summed E-state index contributed by atoms with van der Waals surface area (Å²) in [4.78, 5) is 11.7. The molecule has 18 heavy (non-hydrogen) atoms. The molecule has 0 unspecified atom stereocenters. The van der Waals surface area contributed by atoms with Crippen LogP contribution < -0.4 is 15.4 Å². The van der Waals surface area contributed by atoms with Gasteiger partial charge in [-0.1, -0.05) is 19.1 Å². The third-order valence-electron chi connectivity index (χ3n) is 2.68. The highest BCUT2D eigenvalue weighted by molar-refractivity contribution is 5.78. The van der Waals surface area contributed by atoms with E-state index < -0.39 is 0 Å². The number of hydrogen-bond acceptors (Lipinski definition) is 3. The summed E-state index contributed by atoms with van der Waals surface area (Å²) in [5, 5.41) is 6.03. The molecule has 2 N–H and O–H groups in total. The van der Waals surface area contributed by atoms with Gasteiger partial charge in [0.05, 0.1) is 19.7 Å². The molecule has 0 aliphatic heterocycles. The summed E-state index contributed by atoms with van der Waals surface area (Å²) >= 11 is 0. The van der Waals surface area contributed by atoms with Crippen LogP contribution in [0.2, 0.25) is 0 Å². The van der Waals surface area contributed by atoms with Crippen molar-refractivity contribution in [3.63, 3.8) is 0 Å². The number of carbonyl (C=O) groups excluding carboxylic acids is 1. The first-order valence-electron chi connectivity index (χ1n) is 6.31. The monoisotopic (exact) mass is 250 g/mol. The topological polar surface area (TPSA) is 50.4 Å². The van der Waals surface area contributed by atoms with E-state index in [4.69, 9.17) is 4.74 Å². The minimum atomic E-state index is -0.0176. The summed E-state index contributed by atoms with van der Waals surface area (Å²) in [5.41, 5.74) is 1.04. The second kappa shape index (κ2) is 7.71. The summed E-state index contributed by atoms with van der Waals surface area (Å²) in [6, 6.07) is 7.71. The van der Waals surface area contributed by atoms with Gasteiger partial charge in [-0.2, -0.15) is 0 Å². The molecule has 1 aromatic rings. The van der Waals surface area contributed by atoms with Gasteiger partial charge in [0.1, 0.15) is 5.75 Å². The van der Waals surface area contributed by atoms with Crippen LogP contribution in [0.5, 0.6) is 5.75 Å². The lowest BCUT2D eigenvalue weighted by Gasteiger charge is -2.15. The van der Waals surface area contributed by atoms with Gasteiger partial charge < -0.3 is 15.4 Å². The predicted octanol–water partition coefficient (Wildman–Crippen LogP) is 1.87. The Kier molecular flexibility index (Phi) is 6.22. The van der Waals surface area contributed by atoms with Crippen molar-refractivity contribution in [3.05, 3.63) is 29.8 Å². The molecule has 0 aliphatic carbocycles. The molecule has 0 aromatic heterocycles. The largest absolute Gasteiger partial charge is 0.497 e. The van der Waals surface area contributed by atoms with Crippen molar-refractivity contribution in [3.8, 4) is 5.75 Å². The number of nitrogens with one attached hydrogen (secondary N) is 2. The van der Waals surface area contributed by atoms with Crippen LogP contribution in [-0.2, 0) is 4.79 Å². The van der Waals surface area contributed by atoms with Crippen LogP contribution in [0.15, 0.2) is 24.3 Å². The third kappa shape index (κ3) is 4.75. The van der Waals surface area contributed by atoms with Crippen LogP contribution in [0.25, 0.3) is 0 Å². The summed E-state index contributed by atoms with van der Waals surface area (Å²) in [6.45, 7) is 5.26. The van der Waals surface area contributed by atoms with E-state index >= 15 is 0 Å². The number of carbonyl (C=O) groups is 1. The van der Waals surface area contributed by atoms with E-state index in [9.17, 15) is 4.79 Å². The van der Waals surface area contributed by atoms with Gasteiger partial charge in [0.15, 0.2) is 0 Å². The van der Waals surface area contributed by atoms with Gasteiger partial charge in [-0.25, -0.2) is 0 Å². The smallest absolute Gasteiger partial charge is 0.234 e. The van der Waals surface area contributed by atoms with Crippen LogP contribution in [0.4, 0.5) is 0 Å². The summed E-state index contributed by atoms with van der Waals surface area (Å²) < 4.78 is 5.16. The summed E-state index contributed by atoms with van der Waals surface area (Å²) in [7, 11) is 1.64. The van der Waals surface area contributed by atoms with Gasteiger partial charge in [-0.15, -0.1) is 0 Å². The fraction of sp³-hybridized carbons (Fsp3) is 0.500. The van der Waals surface area contributed by atoms with Crippen molar-refractivity contribution in [2.24, 2.45) is 0 Å². The van der Waals surface area contributed by atoms with E-state index in [0.29, 0.717) is 6.54 Å². The van der Waals surface area contributed by atoms with Crippen molar-refractivity contribution in [2.75, 3.05) is 20.2 Å². The number of benzene rings is 1. The zero-order chi connectivity index (χ0) is 13.4. The van der Waals surface area contributed by atoms with Gasteiger partial charge in [0.25, 0.3) is 0 Å². The first-order valence-corrected chi connectivity index (χ1v) is 6.31. The second-order valence-corrected chi connectivity index (χ2v) is 4.24. The van der Waals surface area contributed by atoms with Gasteiger partial charge in [-0.3, -0.25) is 4.79 Å². The average Bonchev–Trinajstić information content (AvgIpc) is 2.39. The lowest BCUT2D eigenvalue weighted by molar-refractivity contribution is -0.120. The van der Waals surface area contributed by atoms with Crippen LogP contribution in [-0.4, -0.2) is 26.1 Å². The van der Waals surface area contributed by atoms with Crippen LogP contribution >= 0.6 is 0 Å². The normalized spacial score (nSPS) is 11.9. The standard InChI is InChI=1S/C14H22N2O2/c1-4-8-15-10-14(17)16-11(2)12-6-5-7-13(9-12)18-3/h5-7,9,11,15H,4,8,10H2,1-3H3,(H,16,17)/t11-/m1/s1. The molecule has 0 fully saturated rings. The molecule has 0 aliphatic rings. The Morgan fingerprint density at radius 1 is 1.44 bits per heavy atom. The summed E-state index contributed by atoms with van der Waals surface area (Å²) in [5.74, 6) is 0.816. The minimum Gasteiger partial charge on any atom is -0.497 e. The van der Waals surface area contributed by atoms with Gasteiger partial charge in [0.2, 0.25) is 5.91 Å². The Morgan fingerprint density at radius 3 is 2.89 bits per heavy atom. The number of methoxy groups -OCH3 is 1. The SMILES string of the molecule is CCCNCC(=O)N[C@H](C)c1cccc(OC)c1. The van der Waals surface area contributed by atoms with Crippen molar-refractivity contribution in [1.82, 2.24) is 10.6 Å². The lowest BCUT2D eigenvalue weighted by Crippen LogP contribution is -2.35. The Bertz CT molecular complexity index is 380. The molecule has 4 heteroatoms. The molecule has 1 aromatic carbocycles. The van der Waals surface area contributed by atoms with E-state index in [1.165, 1.54) is 0 Å². The van der Waals surface area contributed by atoms with E-state index in [1.54, 1.807) is 7.11 Å². The number of amides is 1. The Hall–Kier alpha value is -1.55. The maximum atomic E-state index is 11.7. The average molecular weight is 250 g/mol. The highest BCUT2D eigenvalue weighted by Gasteiger charge is 2.09. The zero-order valence-corrected chi connectivity index (χ0v) is 11.3. The fourth-order valence-corrected chi connectivity index (χ4v) is 1.67. The predicted molar refractivity (Wildman–Crippen MR) is 72.7 cm³/mol. The Morgan fingerprint density at radius 2 is 2.22 bits per heavy atom. The summed E-state index contributed by atoms with van der Waals surface area (Å²) in [6.07, 6.45) is 1.03. The quantitative estimate of drug-likeness (QED) is 0.726. The molecule has 100 valence electrons. The molecule has 4 nitrogen and oxygen atoms in total. The molecular formula is C14H22N2O2. The highest BCUT2D eigenvalue weighted by Crippen LogP contribution is 2.18. The van der Waals surface area contributed by atoms with Gasteiger partial charge in [-0.05, 0) is 37.6 Å². The molecular weight excluding hydrogens is 228 g/mol. The first-order chi connectivity index (χ1) is 8.67. The lowest BCUT2D eigenvalue weighted by atomic mass is 10.1. The van der Waals surface area contributed by atoms with E-state index in [-0.39, 0.29) is 11.9 Å². The van der Waals surface area contributed by atoms with Crippen molar-refractivity contribution in [2.45, 2.75) is 26.3 Å². The molecule has 0 bridgehead atoms. The molecule has 0 saturated heterocycles. The van der Waals surface area contributed by atoms with Crippen molar-refractivity contribution in [1.29, 1.82) is 0 Å². The molecule has 1 atom stereocenters. The zero-order valence-electron chi connectivity index (χ0n) is 11.3. The second-order valence-electron chi connectivity index (χ2n) is 4.24. The Balaban J connectivity index is 2.48. The van der Waals surface area contributed by atoms with Crippen LogP contribution in [0.3, 0.4) is 0 Å². The number of ether oxygens (including phenoxy) is 1. The maximum Gasteiger partial charge on any atom is 0.234 e. The minimum absolute atomic E-state index is 0.0127. The molecule has 0 spiro atoms. The van der Waals surface area contributed by atoms with E-state index in [1.807, 2.05) is 31.2 Å². The number of hydrogen-bond donors (Lipinski definition) is 2. The van der Waals surface area contributed by atoms with Crippen molar-refractivity contribution < 1.29 is 9.53 Å². The molecule has 0 heterocycles. The Labute approximate surface area is 109 Å². The number of rotatable bonds is 7. The molecule has 0 radical (unpaired) electrons. The van der Waals surface area contributed by atoms with Crippen molar-refractivity contribution >= 4 is 5.91 Å². The molecule has 1 rings (SSSR count). The van der Waals surface area contributed by atoms with Crippen LogP contribution in [0, 0.1) is 0 Å². The molecule has 1 amide bonds.